The van der Waals surface area contributed by atoms with Crippen molar-refractivity contribution >= 4 is 43.2 Å². The number of hydrogen-bond donors (Lipinski definition) is 0. The highest BCUT2D eigenvalue weighted by atomic mass is 14.6. The van der Waals surface area contributed by atoms with E-state index in [0.717, 1.165) is 5.52 Å². The van der Waals surface area contributed by atoms with Gasteiger partial charge in [0, 0.05) is 11.6 Å². The summed E-state index contributed by atoms with van der Waals surface area (Å²) in [7, 11) is 0. The second kappa shape index (κ2) is 5.90. The van der Waals surface area contributed by atoms with Crippen molar-refractivity contribution in [2.24, 2.45) is 0 Å². The van der Waals surface area contributed by atoms with E-state index < -0.39 is 0 Å². The van der Waals surface area contributed by atoms with E-state index in [1.165, 1.54) is 48.8 Å². The standard InChI is InChI=1S/C27H17N/c1-2-9-22-20(7-1)21-8-3-4-10-23(21)26-17-18(13-14-24(22)26)19-15-16-28-27-12-6-5-11-25(19)27/h1-17H. The van der Waals surface area contributed by atoms with Gasteiger partial charge in [-0.2, -0.15) is 0 Å². The molecule has 0 amide bonds. The number of rotatable bonds is 1. The molecule has 0 saturated carbocycles. The van der Waals surface area contributed by atoms with Crippen molar-refractivity contribution in [1.82, 2.24) is 4.98 Å². The maximum Gasteiger partial charge on any atom is 0.0708 e. The highest BCUT2D eigenvalue weighted by Gasteiger charge is 2.10. The van der Waals surface area contributed by atoms with Gasteiger partial charge in [0.25, 0.3) is 0 Å². The molecule has 130 valence electrons. The van der Waals surface area contributed by atoms with E-state index >= 15 is 0 Å². The van der Waals surface area contributed by atoms with E-state index in [0.29, 0.717) is 0 Å². The van der Waals surface area contributed by atoms with Gasteiger partial charge in [0.2, 0.25) is 0 Å². The van der Waals surface area contributed by atoms with E-state index in [2.05, 4.69) is 96.0 Å². The van der Waals surface area contributed by atoms with Crippen LogP contribution in [0.4, 0.5) is 0 Å². The number of para-hydroxylation sites is 1. The van der Waals surface area contributed by atoms with Gasteiger partial charge in [-0.05, 0) is 61.6 Å². The zero-order chi connectivity index (χ0) is 18.5. The lowest BCUT2D eigenvalue weighted by molar-refractivity contribution is 1.41. The van der Waals surface area contributed by atoms with Gasteiger partial charge in [0.1, 0.15) is 0 Å². The Morgan fingerprint density at radius 1 is 0.429 bits per heavy atom. The molecule has 0 fully saturated rings. The minimum atomic E-state index is 1.03. The van der Waals surface area contributed by atoms with Crippen molar-refractivity contribution in [3.63, 3.8) is 0 Å². The molecule has 6 aromatic rings. The first-order valence-corrected chi connectivity index (χ1v) is 9.57. The fraction of sp³-hybridized carbons (Fsp3) is 0. The molecular formula is C27H17N. The van der Waals surface area contributed by atoms with Gasteiger partial charge in [-0.1, -0.05) is 78.9 Å². The second-order valence-electron chi connectivity index (χ2n) is 7.23. The average Bonchev–Trinajstić information content (AvgIpc) is 2.78. The lowest BCUT2D eigenvalue weighted by Crippen LogP contribution is -1.87. The number of fused-ring (bicyclic) bond motifs is 7. The smallest absolute Gasteiger partial charge is 0.0708 e. The molecule has 5 aromatic carbocycles. The summed E-state index contributed by atoms with van der Waals surface area (Å²) in [6, 6.07) is 34.7. The number of aromatic nitrogens is 1. The molecule has 0 aliphatic carbocycles. The molecule has 0 bridgehead atoms. The third-order valence-corrected chi connectivity index (χ3v) is 5.70. The van der Waals surface area contributed by atoms with Crippen LogP contribution in [0.15, 0.2) is 103 Å². The first-order chi connectivity index (χ1) is 13.9. The molecule has 0 saturated heterocycles. The molecular weight excluding hydrogens is 338 g/mol. The molecule has 0 spiro atoms. The molecule has 0 aliphatic rings. The van der Waals surface area contributed by atoms with Gasteiger partial charge in [-0.25, -0.2) is 0 Å². The summed E-state index contributed by atoms with van der Waals surface area (Å²) in [6.45, 7) is 0. The fourth-order valence-electron chi connectivity index (χ4n) is 4.42. The summed E-state index contributed by atoms with van der Waals surface area (Å²) in [5.74, 6) is 0. The van der Waals surface area contributed by atoms with Crippen LogP contribution in [0.5, 0.6) is 0 Å². The third-order valence-electron chi connectivity index (χ3n) is 5.70. The van der Waals surface area contributed by atoms with E-state index in [4.69, 9.17) is 0 Å². The fourth-order valence-corrected chi connectivity index (χ4v) is 4.42. The molecule has 1 heteroatoms. The first kappa shape index (κ1) is 15.4. The van der Waals surface area contributed by atoms with Gasteiger partial charge in [0.05, 0.1) is 5.52 Å². The van der Waals surface area contributed by atoms with E-state index in [1.54, 1.807) is 0 Å². The maximum atomic E-state index is 4.52. The molecule has 1 nitrogen and oxygen atoms in total. The predicted octanol–water partition coefficient (Wildman–Crippen LogP) is 7.36. The SMILES string of the molecule is c1ccc2c(-c3ccc4c5ccccc5c5ccccc5c4c3)ccnc2c1. The molecule has 6 rings (SSSR count). The van der Waals surface area contributed by atoms with Crippen molar-refractivity contribution in [3.8, 4) is 11.1 Å². The second-order valence-corrected chi connectivity index (χ2v) is 7.23. The Kier molecular flexibility index (Phi) is 3.24. The van der Waals surface area contributed by atoms with Crippen LogP contribution in [0.25, 0.3) is 54.3 Å². The van der Waals surface area contributed by atoms with E-state index in [9.17, 15) is 0 Å². The average molecular weight is 355 g/mol. The maximum absolute atomic E-state index is 4.52. The summed E-state index contributed by atoms with van der Waals surface area (Å²) in [6.07, 6.45) is 1.90. The molecule has 0 unspecified atom stereocenters. The number of nitrogens with zero attached hydrogens (tertiary/aromatic N) is 1. The minimum absolute atomic E-state index is 1.03. The monoisotopic (exact) mass is 355 g/mol. The molecule has 0 aliphatic heterocycles. The number of hydrogen-bond acceptors (Lipinski definition) is 1. The van der Waals surface area contributed by atoms with Crippen LogP contribution in [0.2, 0.25) is 0 Å². The van der Waals surface area contributed by atoms with Gasteiger partial charge in [-0.3, -0.25) is 4.98 Å². The van der Waals surface area contributed by atoms with Crippen molar-refractivity contribution in [1.29, 1.82) is 0 Å². The molecule has 0 radical (unpaired) electrons. The van der Waals surface area contributed by atoms with Crippen LogP contribution in [-0.4, -0.2) is 4.98 Å². The van der Waals surface area contributed by atoms with Crippen LogP contribution in [0.3, 0.4) is 0 Å². The third kappa shape index (κ3) is 2.17. The normalized spacial score (nSPS) is 11.6. The Bertz CT molecular complexity index is 1470. The lowest BCUT2D eigenvalue weighted by atomic mass is 9.91. The number of pyridine rings is 1. The Balaban J connectivity index is 1.76. The number of benzene rings is 5. The largest absolute Gasteiger partial charge is 0.256 e. The van der Waals surface area contributed by atoms with Gasteiger partial charge in [-0.15, -0.1) is 0 Å². The molecule has 28 heavy (non-hydrogen) atoms. The van der Waals surface area contributed by atoms with Crippen molar-refractivity contribution in [2.45, 2.75) is 0 Å². The highest BCUT2D eigenvalue weighted by molar-refractivity contribution is 6.25. The zero-order valence-corrected chi connectivity index (χ0v) is 15.3. The van der Waals surface area contributed by atoms with E-state index in [1.807, 2.05) is 12.3 Å². The van der Waals surface area contributed by atoms with E-state index in [-0.39, 0.29) is 0 Å². The topological polar surface area (TPSA) is 12.9 Å². The van der Waals surface area contributed by atoms with Gasteiger partial charge in [0.15, 0.2) is 0 Å². The quantitative estimate of drug-likeness (QED) is 0.281. The van der Waals surface area contributed by atoms with Crippen LogP contribution in [-0.2, 0) is 0 Å². The van der Waals surface area contributed by atoms with Crippen molar-refractivity contribution < 1.29 is 0 Å². The highest BCUT2D eigenvalue weighted by Crippen LogP contribution is 2.37. The zero-order valence-electron chi connectivity index (χ0n) is 15.3. The molecule has 1 heterocycles. The summed E-state index contributed by atoms with van der Waals surface area (Å²) in [5.41, 5.74) is 3.49. The summed E-state index contributed by atoms with van der Waals surface area (Å²) < 4.78 is 0. The van der Waals surface area contributed by atoms with Crippen LogP contribution >= 0.6 is 0 Å². The van der Waals surface area contributed by atoms with Gasteiger partial charge >= 0.3 is 0 Å². The van der Waals surface area contributed by atoms with Crippen LogP contribution in [0.1, 0.15) is 0 Å². The predicted molar refractivity (Wildman–Crippen MR) is 120 cm³/mol. The summed E-state index contributed by atoms with van der Waals surface area (Å²) >= 11 is 0. The van der Waals surface area contributed by atoms with Crippen LogP contribution in [0, 0.1) is 0 Å². The minimum Gasteiger partial charge on any atom is -0.256 e. The first-order valence-electron chi connectivity index (χ1n) is 9.57. The summed E-state index contributed by atoms with van der Waals surface area (Å²) in [5, 5.41) is 9.02. The molecule has 0 N–H and O–H groups in total. The Labute approximate surface area is 162 Å². The summed E-state index contributed by atoms with van der Waals surface area (Å²) in [4.78, 5) is 4.52. The Morgan fingerprint density at radius 3 is 1.64 bits per heavy atom. The Hall–Kier alpha value is -3.71. The van der Waals surface area contributed by atoms with Crippen LogP contribution < -0.4 is 0 Å². The lowest BCUT2D eigenvalue weighted by Gasteiger charge is -2.12. The van der Waals surface area contributed by atoms with Crippen molar-refractivity contribution in [2.75, 3.05) is 0 Å². The molecule has 0 atom stereocenters. The Morgan fingerprint density at radius 2 is 0.964 bits per heavy atom. The molecule has 1 aromatic heterocycles. The van der Waals surface area contributed by atoms with Gasteiger partial charge < -0.3 is 0 Å². The van der Waals surface area contributed by atoms with Crippen molar-refractivity contribution in [3.05, 3.63) is 103 Å².